The van der Waals surface area contributed by atoms with Crippen molar-refractivity contribution in [3.8, 4) is 0 Å². The van der Waals surface area contributed by atoms with Crippen LogP contribution in [0, 0.1) is 0 Å². The number of hydrogen-bond donors (Lipinski definition) is 13. The van der Waals surface area contributed by atoms with Crippen molar-refractivity contribution < 1.29 is 94.2 Å². The van der Waals surface area contributed by atoms with Crippen molar-refractivity contribution in [2.24, 2.45) is 0 Å². The third-order valence-corrected chi connectivity index (χ3v) is 7.87. The predicted molar refractivity (Wildman–Crippen MR) is 142 cm³/mol. The van der Waals surface area contributed by atoms with Crippen LogP contribution in [-0.2, 0) is 38.1 Å². The first-order valence-corrected chi connectivity index (χ1v) is 14.2. The van der Waals surface area contributed by atoms with Gasteiger partial charge in [-0.1, -0.05) is 0 Å². The van der Waals surface area contributed by atoms with Gasteiger partial charge in [0.05, 0.1) is 32.0 Å². The molecule has 46 heavy (non-hydrogen) atoms. The van der Waals surface area contributed by atoms with Gasteiger partial charge in [-0.25, -0.2) is 4.79 Å². The van der Waals surface area contributed by atoms with Crippen molar-refractivity contribution in [2.45, 2.75) is 118 Å². The first kappa shape index (κ1) is 38.3. The first-order valence-electron chi connectivity index (χ1n) is 14.2. The monoisotopic (exact) mass is 674 g/mol. The minimum absolute atomic E-state index is 0.676. The number of carbonyl (C=O) groups excluding carboxylic acids is 2. The number of aliphatic hydroxyl groups is 10. The minimum atomic E-state index is -3.05. The average molecular weight is 675 g/mol. The molecule has 21 heteroatoms. The zero-order valence-corrected chi connectivity index (χ0v) is 24.7. The smallest absolute Gasteiger partial charge is 0.364 e. The van der Waals surface area contributed by atoms with Crippen LogP contribution in [0.15, 0.2) is 0 Å². The Bertz CT molecular complexity index is 1050. The number of nitrogens with one attached hydrogen (secondary N) is 2. The summed E-state index contributed by atoms with van der Waals surface area (Å²) in [5.41, 5.74) is 0. The van der Waals surface area contributed by atoms with E-state index in [1.807, 2.05) is 0 Å². The lowest BCUT2D eigenvalue weighted by molar-refractivity contribution is -0.355. The molecule has 2 unspecified atom stereocenters. The van der Waals surface area contributed by atoms with E-state index < -0.39 is 142 Å². The molecule has 16 atom stereocenters. The second-order valence-electron chi connectivity index (χ2n) is 11.3. The molecule has 3 saturated heterocycles. The highest BCUT2D eigenvalue weighted by molar-refractivity contribution is 5.76. The fourth-order valence-corrected chi connectivity index (χ4v) is 5.58. The number of hydrogen-bond acceptors (Lipinski definition) is 18. The van der Waals surface area contributed by atoms with Crippen LogP contribution in [0.5, 0.6) is 0 Å². The molecule has 2 amide bonds. The minimum Gasteiger partial charge on any atom is -0.477 e. The molecule has 13 N–H and O–H groups in total. The van der Waals surface area contributed by atoms with Crippen molar-refractivity contribution in [1.29, 1.82) is 0 Å². The van der Waals surface area contributed by atoms with Crippen LogP contribution >= 0.6 is 0 Å². The summed E-state index contributed by atoms with van der Waals surface area (Å²) in [4.78, 5) is 35.0. The molecule has 0 aromatic heterocycles. The summed E-state index contributed by atoms with van der Waals surface area (Å²) in [6.45, 7) is -0.770. The van der Waals surface area contributed by atoms with Gasteiger partial charge in [0, 0.05) is 20.3 Å². The van der Waals surface area contributed by atoms with Crippen LogP contribution < -0.4 is 10.6 Å². The number of aliphatic carboxylic acids is 1. The summed E-state index contributed by atoms with van der Waals surface area (Å²) in [6, 6.07) is -3.02. The molecule has 3 rings (SSSR count). The maximum absolute atomic E-state index is 11.8. The van der Waals surface area contributed by atoms with Crippen molar-refractivity contribution in [1.82, 2.24) is 10.6 Å². The van der Waals surface area contributed by atoms with E-state index in [4.69, 9.17) is 23.7 Å². The van der Waals surface area contributed by atoms with Gasteiger partial charge in [0.25, 0.3) is 5.79 Å². The second kappa shape index (κ2) is 15.8. The number of ether oxygens (including phenoxy) is 5. The lowest BCUT2D eigenvalue weighted by Gasteiger charge is -2.48. The molecule has 3 heterocycles. The zero-order valence-electron chi connectivity index (χ0n) is 24.7. The van der Waals surface area contributed by atoms with Gasteiger partial charge in [-0.2, -0.15) is 0 Å². The first-order chi connectivity index (χ1) is 21.5. The number of carboxylic acids is 1. The molecular formula is C25H42N2O19. The van der Waals surface area contributed by atoms with Gasteiger partial charge in [0.1, 0.15) is 67.1 Å². The van der Waals surface area contributed by atoms with Gasteiger partial charge in [-0.15, -0.1) is 0 Å². The molecular weight excluding hydrogens is 632 g/mol. The lowest BCUT2D eigenvalue weighted by Crippen LogP contribution is -2.69. The van der Waals surface area contributed by atoms with Crippen LogP contribution in [0.2, 0.25) is 0 Å². The number of carboxylic acid groups (broad SMARTS) is 1. The van der Waals surface area contributed by atoms with E-state index in [1.165, 1.54) is 0 Å². The number of carbonyl (C=O) groups is 3. The lowest BCUT2D eigenvalue weighted by atomic mass is 9.88. The van der Waals surface area contributed by atoms with Crippen LogP contribution in [0.4, 0.5) is 0 Å². The van der Waals surface area contributed by atoms with Gasteiger partial charge in [0.15, 0.2) is 12.6 Å². The maximum atomic E-state index is 11.8. The van der Waals surface area contributed by atoms with E-state index in [0.29, 0.717) is 0 Å². The maximum Gasteiger partial charge on any atom is 0.364 e. The molecule has 21 nitrogen and oxygen atoms in total. The van der Waals surface area contributed by atoms with Crippen LogP contribution in [0.1, 0.15) is 20.3 Å². The molecule has 3 aliphatic heterocycles. The van der Waals surface area contributed by atoms with Crippen molar-refractivity contribution in [3.05, 3.63) is 0 Å². The topological polar surface area (TPSA) is 344 Å². The quantitative estimate of drug-likeness (QED) is 0.0913. The summed E-state index contributed by atoms with van der Waals surface area (Å²) in [5, 5.41) is 119. The van der Waals surface area contributed by atoms with Gasteiger partial charge < -0.3 is 90.5 Å². The Labute approximate surface area is 260 Å². The Morgan fingerprint density at radius 3 is 1.98 bits per heavy atom. The van der Waals surface area contributed by atoms with E-state index in [0.717, 1.165) is 13.8 Å². The van der Waals surface area contributed by atoms with Crippen molar-refractivity contribution in [2.75, 3.05) is 19.8 Å². The van der Waals surface area contributed by atoms with Crippen LogP contribution in [-0.4, -0.2) is 191 Å². The molecule has 0 saturated carbocycles. The van der Waals surface area contributed by atoms with Gasteiger partial charge in [-0.05, 0) is 0 Å². The van der Waals surface area contributed by atoms with Crippen LogP contribution in [0.3, 0.4) is 0 Å². The van der Waals surface area contributed by atoms with E-state index >= 15 is 0 Å². The molecule has 0 bridgehead atoms. The second-order valence-corrected chi connectivity index (χ2v) is 11.3. The highest BCUT2D eigenvalue weighted by Crippen LogP contribution is 2.34. The standard InChI is InChI=1S/C25H42N2O19/c1-7(31)26-13-9(33)3-25(41,24(39)40)46-20(13)15(34)10(4-28)42-21-16(35)11(5-29)44-23(18(21)37)45-19-12(6-30)43-22(38)14(17(19)36)27-8(2)32/h9-23,28-30,33-38,41H,3-6H2,1-2H3,(H,26,31)(H,27,32)(H,39,40)/t9-,10?,11+,12+,13+,14+,15?,16-,17+,18+,19+,20+,21-,22+,23-,25+/m0/s1. The number of amides is 2. The van der Waals surface area contributed by atoms with Crippen molar-refractivity contribution in [3.63, 3.8) is 0 Å². The van der Waals surface area contributed by atoms with E-state index in [1.54, 1.807) is 0 Å². The number of rotatable bonds is 12. The van der Waals surface area contributed by atoms with E-state index in [-0.39, 0.29) is 0 Å². The largest absolute Gasteiger partial charge is 0.477 e. The molecule has 0 aromatic rings. The molecule has 0 radical (unpaired) electrons. The Kier molecular flexibility index (Phi) is 13.1. The van der Waals surface area contributed by atoms with Crippen LogP contribution in [0.25, 0.3) is 0 Å². The van der Waals surface area contributed by atoms with Gasteiger partial charge >= 0.3 is 5.97 Å². The van der Waals surface area contributed by atoms with Gasteiger partial charge in [0.2, 0.25) is 11.8 Å². The summed E-state index contributed by atoms with van der Waals surface area (Å²) in [6.07, 6.45) is -24.8. The molecule has 3 fully saturated rings. The predicted octanol–water partition coefficient (Wildman–Crippen LogP) is -8.08. The van der Waals surface area contributed by atoms with E-state index in [9.17, 15) is 70.6 Å². The SMILES string of the molecule is CC(=O)N[C@@H]1[C@@H](O)[C@H](O[C@@H]2O[C@H](CO)[C@H](O)[C@H](OC(CO)C(O)[C@@H]3O[C@@](O)(C(=O)O)C[C@H](O)[C@H]3NC(C)=O)[C@H]2O)[C@@H](CO)O[C@H]1O. The number of aliphatic hydroxyl groups excluding tert-OH is 9. The average Bonchev–Trinajstić information content (AvgIpc) is 2.98. The summed E-state index contributed by atoms with van der Waals surface area (Å²) >= 11 is 0. The highest BCUT2D eigenvalue weighted by atomic mass is 16.7. The summed E-state index contributed by atoms with van der Waals surface area (Å²) in [7, 11) is 0. The Balaban J connectivity index is 1.87. The third-order valence-electron chi connectivity index (χ3n) is 7.87. The molecule has 0 aliphatic carbocycles. The Morgan fingerprint density at radius 1 is 0.870 bits per heavy atom. The Hall–Kier alpha value is -2.19. The normalized spacial score (nSPS) is 42.9. The molecule has 266 valence electrons. The third kappa shape index (κ3) is 8.26. The van der Waals surface area contributed by atoms with Crippen molar-refractivity contribution >= 4 is 17.8 Å². The molecule has 0 aromatic carbocycles. The zero-order chi connectivity index (χ0) is 34.7. The van der Waals surface area contributed by atoms with Gasteiger partial charge in [-0.3, -0.25) is 9.59 Å². The fourth-order valence-electron chi connectivity index (χ4n) is 5.58. The molecule has 3 aliphatic rings. The molecule has 0 spiro atoms. The highest BCUT2D eigenvalue weighted by Gasteiger charge is 2.56. The Morgan fingerprint density at radius 2 is 1.46 bits per heavy atom. The fraction of sp³-hybridized carbons (Fsp3) is 0.880. The summed E-state index contributed by atoms with van der Waals surface area (Å²) in [5.74, 6) is -6.43. The van der Waals surface area contributed by atoms with E-state index in [2.05, 4.69) is 10.6 Å². The summed E-state index contributed by atoms with van der Waals surface area (Å²) < 4.78 is 27.1.